The molecule has 0 aliphatic carbocycles. The lowest BCUT2D eigenvalue weighted by Gasteiger charge is -2.38. The first-order chi connectivity index (χ1) is 11.0. The Kier molecular flexibility index (Phi) is 5.01. The second-order valence-electron chi connectivity index (χ2n) is 6.38. The van der Waals surface area contributed by atoms with E-state index >= 15 is 0 Å². The average molecular weight is 342 g/mol. The Morgan fingerprint density at radius 1 is 1.13 bits per heavy atom. The van der Waals surface area contributed by atoms with Gasteiger partial charge in [-0.15, -0.1) is 0 Å². The zero-order valence-corrected chi connectivity index (χ0v) is 14.1. The van der Waals surface area contributed by atoms with E-state index < -0.39 is 10.2 Å². The third-order valence-corrected chi connectivity index (χ3v) is 6.51. The van der Waals surface area contributed by atoms with E-state index in [9.17, 15) is 12.8 Å². The summed E-state index contributed by atoms with van der Waals surface area (Å²) in [5, 5.41) is 0. The summed E-state index contributed by atoms with van der Waals surface area (Å²) in [7, 11) is -3.45. The Labute approximate surface area is 137 Å². The fraction of sp³-hybridized carbons (Fsp3) is 0.625. The van der Waals surface area contributed by atoms with Crippen molar-refractivity contribution in [2.24, 2.45) is 5.92 Å². The van der Waals surface area contributed by atoms with Crippen LogP contribution in [0, 0.1) is 11.7 Å². The molecule has 0 N–H and O–H groups in total. The van der Waals surface area contributed by atoms with Crippen LogP contribution in [0.1, 0.15) is 31.4 Å². The Balaban J connectivity index is 1.73. The van der Waals surface area contributed by atoms with Crippen molar-refractivity contribution in [2.75, 3.05) is 32.8 Å². The van der Waals surface area contributed by atoms with Crippen LogP contribution >= 0.6 is 0 Å². The van der Waals surface area contributed by atoms with Gasteiger partial charge < -0.3 is 4.74 Å². The number of morpholine rings is 1. The second-order valence-corrected chi connectivity index (χ2v) is 8.31. The highest BCUT2D eigenvalue weighted by molar-refractivity contribution is 7.86. The van der Waals surface area contributed by atoms with Gasteiger partial charge >= 0.3 is 0 Å². The van der Waals surface area contributed by atoms with Gasteiger partial charge in [0.2, 0.25) is 0 Å². The third kappa shape index (κ3) is 3.74. The molecular weight excluding hydrogens is 319 g/mol. The minimum atomic E-state index is -3.45. The molecule has 7 heteroatoms. The van der Waals surface area contributed by atoms with E-state index in [0.717, 1.165) is 18.4 Å². The van der Waals surface area contributed by atoms with Crippen LogP contribution in [0.15, 0.2) is 24.3 Å². The Bertz CT molecular complexity index is 635. The molecule has 2 fully saturated rings. The maximum absolute atomic E-state index is 13.0. The van der Waals surface area contributed by atoms with Gasteiger partial charge in [0.05, 0.1) is 12.7 Å². The van der Waals surface area contributed by atoms with Crippen molar-refractivity contribution >= 4 is 10.2 Å². The van der Waals surface area contributed by atoms with Crippen LogP contribution in [-0.4, -0.2) is 49.8 Å². The number of ether oxygens (including phenoxy) is 1. The first-order valence-corrected chi connectivity index (χ1v) is 9.49. The minimum Gasteiger partial charge on any atom is -0.371 e. The quantitative estimate of drug-likeness (QED) is 0.846. The van der Waals surface area contributed by atoms with Crippen LogP contribution in [0.5, 0.6) is 0 Å². The lowest BCUT2D eigenvalue weighted by Crippen LogP contribution is -2.51. The summed E-state index contributed by atoms with van der Waals surface area (Å²) in [6.07, 6.45) is 1.64. The molecule has 128 valence electrons. The number of benzene rings is 1. The fourth-order valence-electron chi connectivity index (χ4n) is 3.23. The molecule has 1 aromatic rings. The average Bonchev–Trinajstić information content (AvgIpc) is 2.56. The van der Waals surface area contributed by atoms with Crippen molar-refractivity contribution < 1.29 is 17.5 Å². The van der Waals surface area contributed by atoms with E-state index in [4.69, 9.17) is 4.74 Å². The highest BCUT2D eigenvalue weighted by Crippen LogP contribution is 2.27. The molecule has 23 heavy (non-hydrogen) atoms. The van der Waals surface area contributed by atoms with Gasteiger partial charge in [0.15, 0.2) is 0 Å². The molecule has 1 aromatic carbocycles. The van der Waals surface area contributed by atoms with E-state index in [1.807, 2.05) is 0 Å². The van der Waals surface area contributed by atoms with Crippen molar-refractivity contribution in [3.05, 3.63) is 35.6 Å². The van der Waals surface area contributed by atoms with Gasteiger partial charge in [-0.25, -0.2) is 4.39 Å². The normalized spacial score (nSPS) is 27.9. The predicted octanol–water partition coefficient (Wildman–Crippen LogP) is 2.18. The number of nitrogens with zero attached hydrogens (tertiary/aromatic N) is 2. The second kappa shape index (κ2) is 6.84. The number of hydrogen-bond donors (Lipinski definition) is 0. The van der Waals surface area contributed by atoms with Gasteiger partial charge in [-0.1, -0.05) is 19.1 Å². The lowest BCUT2D eigenvalue weighted by atomic mass is 10.0. The molecule has 0 radical (unpaired) electrons. The Morgan fingerprint density at radius 2 is 1.83 bits per heavy atom. The molecule has 0 bridgehead atoms. The van der Waals surface area contributed by atoms with E-state index in [2.05, 4.69) is 6.92 Å². The molecule has 2 aliphatic heterocycles. The highest BCUT2D eigenvalue weighted by atomic mass is 32.2. The largest absolute Gasteiger partial charge is 0.371 e. The first kappa shape index (κ1) is 16.8. The number of hydrogen-bond acceptors (Lipinski definition) is 3. The summed E-state index contributed by atoms with van der Waals surface area (Å²) in [5.41, 5.74) is 0.804. The van der Waals surface area contributed by atoms with Gasteiger partial charge in [0, 0.05) is 26.2 Å². The molecular formula is C16H23FN2O3S. The van der Waals surface area contributed by atoms with Crippen molar-refractivity contribution in [1.29, 1.82) is 0 Å². The summed E-state index contributed by atoms with van der Waals surface area (Å²) < 4.78 is 47.5. The summed E-state index contributed by atoms with van der Waals surface area (Å²) in [6, 6.07) is 6.05. The number of rotatable bonds is 3. The molecule has 2 saturated heterocycles. The van der Waals surface area contributed by atoms with Crippen molar-refractivity contribution in [3.8, 4) is 0 Å². The molecule has 0 aromatic heterocycles. The van der Waals surface area contributed by atoms with Crippen LogP contribution in [0.4, 0.5) is 4.39 Å². The van der Waals surface area contributed by atoms with Gasteiger partial charge in [-0.3, -0.25) is 0 Å². The van der Waals surface area contributed by atoms with E-state index in [0.29, 0.717) is 32.2 Å². The standard InChI is InChI=1S/C16H23FN2O3S/c1-13-3-2-8-18(11-13)23(20,21)19-9-10-22-16(12-19)14-4-6-15(17)7-5-14/h4-7,13,16H,2-3,8-12H2,1H3/t13-,16+/m0/s1. The molecule has 0 unspecified atom stereocenters. The van der Waals surface area contributed by atoms with Crippen molar-refractivity contribution in [3.63, 3.8) is 0 Å². The smallest absolute Gasteiger partial charge is 0.282 e. The molecule has 2 atom stereocenters. The molecule has 0 spiro atoms. The zero-order valence-electron chi connectivity index (χ0n) is 13.3. The molecule has 3 rings (SSSR count). The first-order valence-electron chi connectivity index (χ1n) is 8.09. The van der Waals surface area contributed by atoms with E-state index in [1.165, 1.54) is 16.4 Å². The SMILES string of the molecule is C[C@H]1CCCN(S(=O)(=O)N2CCO[C@@H](c3ccc(F)cc3)C2)C1. The zero-order chi connectivity index (χ0) is 16.4. The summed E-state index contributed by atoms with van der Waals surface area (Å²) in [5.74, 6) is 0.0869. The van der Waals surface area contributed by atoms with Crippen LogP contribution in [0.2, 0.25) is 0 Å². The van der Waals surface area contributed by atoms with Gasteiger partial charge in [-0.2, -0.15) is 17.0 Å². The maximum atomic E-state index is 13.0. The predicted molar refractivity (Wildman–Crippen MR) is 85.6 cm³/mol. The van der Waals surface area contributed by atoms with E-state index in [-0.39, 0.29) is 18.5 Å². The Hall–Kier alpha value is -1.02. The van der Waals surface area contributed by atoms with Crippen molar-refractivity contribution in [1.82, 2.24) is 8.61 Å². The van der Waals surface area contributed by atoms with Crippen LogP contribution in [0.25, 0.3) is 0 Å². The number of piperidine rings is 1. The summed E-state index contributed by atoms with van der Waals surface area (Å²) >= 11 is 0. The van der Waals surface area contributed by atoms with Gasteiger partial charge in [-0.05, 0) is 36.5 Å². The van der Waals surface area contributed by atoms with Crippen LogP contribution in [0.3, 0.4) is 0 Å². The molecule has 0 amide bonds. The van der Waals surface area contributed by atoms with E-state index in [1.54, 1.807) is 16.4 Å². The molecule has 0 saturated carbocycles. The monoisotopic (exact) mass is 342 g/mol. The lowest BCUT2D eigenvalue weighted by molar-refractivity contribution is -0.00473. The third-order valence-electron chi connectivity index (χ3n) is 4.54. The Morgan fingerprint density at radius 3 is 2.52 bits per heavy atom. The van der Waals surface area contributed by atoms with Gasteiger partial charge in [0.25, 0.3) is 10.2 Å². The maximum Gasteiger partial charge on any atom is 0.282 e. The molecule has 5 nitrogen and oxygen atoms in total. The number of halogens is 1. The minimum absolute atomic E-state index is 0.277. The molecule has 2 heterocycles. The molecule has 2 aliphatic rings. The summed E-state index contributed by atoms with van der Waals surface area (Å²) in [6.45, 7) is 4.25. The topological polar surface area (TPSA) is 49.9 Å². The highest BCUT2D eigenvalue weighted by Gasteiger charge is 2.36. The van der Waals surface area contributed by atoms with Gasteiger partial charge in [0.1, 0.15) is 5.82 Å². The van der Waals surface area contributed by atoms with Crippen molar-refractivity contribution in [2.45, 2.75) is 25.9 Å². The van der Waals surface area contributed by atoms with Crippen LogP contribution < -0.4 is 0 Å². The van der Waals surface area contributed by atoms with Crippen LogP contribution in [-0.2, 0) is 14.9 Å². The summed E-state index contributed by atoms with van der Waals surface area (Å²) in [4.78, 5) is 0. The fourth-order valence-corrected chi connectivity index (χ4v) is 4.99.